The zero-order valence-corrected chi connectivity index (χ0v) is 17.5. The Morgan fingerprint density at radius 2 is 1.93 bits per heavy atom. The molecular formula is C22H32N4O2. The van der Waals surface area contributed by atoms with Gasteiger partial charge in [-0.3, -0.25) is 0 Å². The van der Waals surface area contributed by atoms with Gasteiger partial charge in [-0.1, -0.05) is 0 Å². The van der Waals surface area contributed by atoms with Crippen molar-refractivity contribution in [3.05, 3.63) is 23.9 Å². The van der Waals surface area contributed by atoms with Gasteiger partial charge in [0.05, 0.1) is 23.9 Å². The van der Waals surface area contributed by atoms with Crippen LogP contribution in [0, 0.1) is 6.92 Å². The second-order valence-corrected chi connectivity index (χ2v) is 8.72. The van der Waals surface area contributed by atoms with Gasteiger partial charge >= 0.3 is 0 Å². The van der Waals surface area contributed by atoms with Crippen molar-refractivity contribution in [1.82, 2.24) is 15.3 Å². The molecule has 0 saturated carbocycles. The minimum Gasteiger partial charge on any atom is -0.497 e. The fourth-order valence-electron chi connectivity index (χ4n) is 4.47. The third-order valence-electron chi connectivity index (χ3n) is 6.03. The number of hydrogen-bond donors (Lipinski definition) is 1. The van der Waals surface area contributed by atoms with Crippen molar-refractivity contribution in [3.8, 4) is 5.75 Å². The van der Waals surface area contributed by atoms with Crippen LogP contribution in [0.3, 0.4) is 0 Å². The number of aromatic nitrogens is 2. The van der Waals surface area contributed by atoms with Gasteiger partial charge < -0.3 is 19.7 Å². The normalized spacial score (nSPS) is 23.1. The summed E-state index contributed by atoms with van der Waals surface area (Å²) >= 11 is 0. The second-order valence-electron chi connectivity index (χ2n) is 8.72. The standard InChI is InChI=1S/C22H32N4O2/c1-15-19-13-18(27-4)5-6-20(19)25-21(23-15)26-10-7-16(8-11-26)24-17-9-12-28-22(2,3)14-17/h5-6,13,16-17,24H,7-12,14H2,1-4H3. The van der Waals surface area contributed by atoms with Crippen molar-refractivity contribution in [2.24, 2.45) is 0 Å². The van der Waals surface area contributed by atoms with Crippen LogP contribution in [0.15, 0.2) is 18.2 Å². The Hall–Kier alpha value is -1.92. The monoisotopic (exact) mass is 384 g/mol. The average Bonchev–Trinajstić information content (AvgIpc) is 2.67. The number of rotatable bonds is 4. The highest BCUT2D eigenvalue weighted by molar-refractivity contribution is 5.83. The Labute approximate surface area is 167 Å². The number of nitrogens with zero attached hydrogens (tertiary/aromatic N) is 3. The Morgan fingerprint density at radius 1 is 1.14 bits per heavy atom. The van der Waals surface area contributed by atoms with E-state index in [1.54, 1.807) is 7.11 Å². The second kappa shape index (κ2) is 7.84. The molecule has 28 heavy (non-hydrogen) atoms. The molecular weight excluding hydrogens is 352 g/mol. The smallest absolute Gasteiger partial charge is 0.226 e. The lowest BCUT2D eigenvalue weighted by atomic mass is 9.92. The Balaban J connectivity index is 1.39. The summed E-state index contributed by atoms with van der Waals surface area (Å²) in [5.41, 5.74) is 1.98. The van der Waals surface area contributed by atoms with Crippen LogP contribution in [0.25, 0.3) is 10.9 Å². The van der Waals surface area contributed by atoms with Gasteiger partial charge in [-0.05, 0) is 64.7 Å². The van der Waals surface area contributed by atoms with E-state index in [-0.39, 0.29) is 5.60 Å². The van der Waals surface area contributed by atoms with E-state index in [1.807, 2.05) is 25.1 Å². The molecule has 0 aliphatic carbocycles. The summed E-state index contributed by atoms with van der Waals surface area (Å²) in [5, 5.41) is 4.93. The van der Waals surface area contributed by atoms with E-state index in [0.29, 0.717) is 12.1 Å². The minimum atomic E-state index is -0.00420. The third kappa shape index (κ3) is 4.23. The van der Waals surface area contributed by atoms with E-state index < -0.39 is 0 Å². The molecule has 6 heteroatoms. The summed E-state index contributed by atoms with van der Waals surface area (Å²) in [5.74, 6) is 1.69. The quantitative estimate of drug-likeness (QED) is 0.871. The van der Waals surface area contributed by atoms with E-state index in [9.17, 15) is 0 Å². The highest BCUT2D eigenvalue weighted by Gasteiger charge is 2.31. The van der Waals surface area contributed by atoms with E-state index in [2.05, 4.69) is 24.1 Å². The highest BCUT2D eigenvalue weighted by Crippen LogP contribution is 2.27. The molecule has 0 bridgehead atoms. The number of methoxy groups -OCH3 is 1. The van der Waals surface area contributed by atoms with Crippen molar-refractivity contribution in [2.45, 2.75) is 64.1 Å². The van der Waals surface area contributed by atoms with Crippen molar-refractivity contribution < 1.29 is 9.47 Å². The van der Waals surface area contributed by atoms with Crippen molar-refractivity contribution in [2.75, 3.05) is 31.7 Å². The van der Waals surface area contributed by atoms with Crippen LogP contribution in [-0.4, -0.2) is 54.5 Å². The zero-order valence-electron chi connectivity index (χ0n) is 17.5. The molecule has 3 heterocycles. The molecule has 0 radical (unpaired) electrons. The van der Waals surface area contributed by atoms with Crippen molar-refractivity contribution in [3.63, 3.8) is 0 Å². The fraction of sp³-hybridized carbons (Fsp3) is 0.636. The first-order valence-electron chi connectivity index (χ1n) is 10.4. The van der Waals surface area contributed by atoms with E-state index >= 15 is 0 Å². The molecule has 2 saturated heterocycles. The van der Waals surface area contributed by atoms with E-state index in [4.69, 9.17) is 19.4 Å². The van der Waals surface area contributed by atoms with Gasteiger partial charge in [-0.15, -0.1) is 0 Å². The van der Waals surface area contributed by atoms with Gasteiger partial charge in [0.15, 0.2) is 0 Å². The number of hydrogen-bond acceptors (Lipinski definition) is 6. The third-order valence-corrected chi connectivity index (χ3v) is 6.03. The van der Waals surface area contributed by atoms with Gasteiger partial charge in [0.2, 0.25) is 5.95 Å². The van der Waals surface area contributed by atoms with E-state index in [1.165, 1.54) is 0 Å². The zero-order chi connectivity index (χ0) is 19.7. The summed E-state index contributed by atoms with van der Waals surface area (Å²) in [6.45, 7) is 9.28. The number of anilines is 1. The van der Waals surface area contributed by atoms with E-state index in [0.717, 1.165) is 73.7 Å². The molecule has 2 aromatic rings. The number of benzene rings is 1. The van der Waals surface area contributed by atoms with Crippen LogP contribution in [0.1, 0.15) is 45.2 Å². The summed E-state index contributed by atoms with van der Waals surface area (Å²) < 4.78 is 11.2. The maximum Gasteiger partial charge on any atom is 0.226 e. The lowest BCUT2D eigenvalue weighted by molar-refractivity contribution is -0.0644. The van der Waals surface area contributed by atoms with Gasteiger partial charge in [0.25, 0.3) is 0 Å². The van der Waals surface area contributed by atoms with Gasteiger partial charge in [0, 0.05) is 37.2 Å². The SMILES string of the molecule is COc1ccc2nc(N3CCC(NC4CCOC(C)(C)C4)CC3)nc(C)c2c1. The number of aryl methyl sites for hydroxylation is 1. The molecule has 152 valence electrons. The maximum absolute atomic E-state index is 5.85. The summed E-state index contributed by atoms with van der Waals surface area (Å²) in [6.07, 6.45) is 4.45. The number of nitrogens with one attached hydrogen (secondary N) is 1. The Bertz CT molecular complexity index is 831. The number of piperidine rings is 1. The topological polar surface area (TPSA) is 59.5 Å². The number of fused-ring (bicyclic) bond motifs is 1. The molecule has 0 amide bonds. The largest absolute Gasteiger partial charge is 0.497 e. The first-order valence-corrected chi connectivity index (χ1v) is 10.4. The minimum absolute atomic E-state index is 0.00420. The first kappa shape index (κ1) is 19.4. The molecule has 1 atom stereocenters. The predicted molar refractivity (Wildman–Crippen MR) is 112 cm³/mol. The van der Waals surface area contributed by atoms with Crippen LogP contribution in [-0.2, 0) is 4.74 Å². The Kier molecular flexibility index (Phi) is 5.43. The molecule has 1 aromatic carbocycles. The predicted octanol–water partition coefficient (Wildman–Crippen LogP) is 3.46. The maximum atomic E-state index is 5.85. The highest BCUT2D eigenvalue weighted by atomic mass is 16.5. The van der Waals surface area contributed by atoms with Crippen LogP contribution in [0.5, 0.6) is 5.75 Å². The lowest BCUT2D eigenvalue weighted by Crippen LogP contribution is -2.50. The molecule has 4 rings (SSSR count). The molecule has 0 spiro atoms. The fourth-order valence-corrected chi connectivity index (χ4v) is 4.47. The van der Waals surface area contributed by atoms with Crippen LogP contribution >= 0.6 is 0 Å². The molecule has 6 nitrogen and oxygen atoms in total. The summed E-state index contributed by atoms with van der Waals surface area (Å²) in [7, 11) is 1.69. The Morgan fingerprint density at radius 3 is 2.64 bits per heavy atom. The molecule has 2 fully saturated rings. The van der Waals surface area contributed by atoms with Crippen molar-refractivity contribution in [1.29, 1.82) is 0 Å². The van der Waals surface area contributed by atoms with Gasteiger partial charge in [0.1, 0.15) is 5.75 Å². The van der Waals surface area contributed by atoms with Crippen LogP contribution in [0.4, 0.5) is 5.95 Å². The molecule has 2 aliphatic rings. The van der Waals surface area contributed by atoms with Gasteiger partial charge in [-0.2, -0.15) is 0 Å². The average molecular weight is 385 g/mol. The molecule has 1 unspecified atom stereocenters. The first-order chi connectivity index (χ1) is 13.4. The molecule has 1 N–H and O–H groups in total. The summed E-state index contributed by atoms with van der Waals surface area (Å²) in [4.78, 5) is 11.9. The van der Waals surface area contributed by atoms with Gasteiger partial charge in [-0.25, -0.2) is 9.97 Å². The van der Waals surface area contributed by atoms with Crippen LogP contribution in [0.2, 0.25) is 0 Å². The number of ether oxygens (including phenoxy) is 2. The van der Waals surface area contributed by atoms with Crippen LogP contribution < -0.4 is 15.0 Å². The van der Waals surface area contributed by atoms with Crippen molar-refractivity contribution >= 4 is 16.9 Å². The lowest BCUT2D eigenvalue weighted by Gasteiger charge is -2.40. The molecule has 1 aromatic heterocycles. The molecule has 2 aliphatic heterocycles. The summed E-state index contributed by atoms with van der Waals surface area (Å²) in [6, 6.07) is 7.13.